The average molecular weight is 1720 g/mol. The molecule has 0 amide bonds. The lowest BCUT2D eigenvalue weighted by molar-refractivity contribution is -0.432. The number of nitrogens with zero attached hydrogens (tertiary/aromatic N) is 11. The number of phenols is 3. The Morgan fingerprint density at radius 1 is 0.441 bits per heavy atom. The summed E-state index contributed by atoms with van der Waals surface area (Å²) in [6, 6.07) is 13.3. The first-order valence-corrected chi connectivity index (χ1v) is 40.6. The lowest BCUT2D eigenvalue weighted by atomic mass is 10.0. The molecule has 0 aromatic heterocycles. The third-order valence-corrected chi connectivity index (χ3v) is 21.8. The number of rotatable bonds is 34. The molecule has 0 spiro atoms. The van der Waals surface area contributed by atoms with E-state index in [4.69, 9.17) is 31.0 Å². The van der Waals surface area contributed by atoms with E-state index in [2.05, 4.69) is 79.3 Å². The molecular weight excluding hydrogens is 1670 g/mol. The first-order valence-electron chi connectivity index (χ1n) is 29.4. The molecule has 9 rings (SSSR count). The molecule has 0 saturated heterocycles. The van der Waals surface area contributed by atoms with Crippen molar-refractivity contribution in [3.8, 4) is 28.7 Å². The highest BCUT2D eigenvalue weighted by Crippen LogP contribution is 2.52. The molecule has 590 valence electrons. The Morgan fingerprint density at radius 3 is 1.45 bits per heavy atom. The summed E-state index contributed by atoms with van der Waals surface area (Å²) in [5.41, 5.74) is -0.318. The molecule has 111 heavy (non-hydrogen) atoms. The normalized spacial score (nSPS) is 12.9. The maximum Gasteiger partial charge on any atom is 0.298 e. The summed E-state index contributed by atoms with van der Waals surface area (Å²) in [7, 11) is -32.0. The van der Waals surface area contributed by atoms with Crippen LogP contribution >= 0.6 is 36.1 Å². The van der Waals surface area contributed by atoms with Gasteiger partial charge in [0.2, 0.25) is 0 Å². The minimum absolute atomic E-state index is 0.00253. The van der Waals surface area contributed by atoms with Crippen LogP contribution in [-0.4, -0.2) is 139 Å². The van der Waals surface area contributed by atoms with E-state index in [9.17, 15) is 103 Å². The zero-order valence-electron chi connectivity index (χ0n) is 55.0. The van der Waals surface area contributed by atoms with Crippen LogP contribution in [0.2, 0.25) is 0 Å². The van der Waals surface area contributed by atoms with Crippen LogP contribution in [0, 0.1) is 24.0 Å². The Bertz CT molecular complexity index is 6140. The quantitative estimate of drug-likeness (QED) is 0.00260. The number of benzene rings is 9. The minimum Gasteiger partial charge on any atom is -0.507 e. The molecule has 0 aliphatic heterocycles. The van der Waals surface area contributed by atoms with Gasteiger partial charge >= 0.3 is 0 Å². The third kappa shape index (κ3) is 20.4. The van der Waals surface area contributed by atoms with Crippen LogP contribution in [0.25, 0.3) is 32.3 Å². The van der Waals surface area contributed by atoms with Crippen molar-refractivity contribution in [3.63, 3.8) is 0 Å². The predicted molar refractivity (Wildman–Crippen MR) is 382 cm³/mol. The van der Waals surface area contributed by atoms with Crippen molar-refractivity contribution in [2.75, 3.05) is 30.5 Å². The number of nitrogen functional groups attached to an aromatic ring is 1. The van der Waals surface area contributed by atoms with Gasteiger partial charge in [-0.15, -0.1) is 53.9 Å². The summed E-state index contributed by atoms with van der Waals surface area (Å²) in [6.45, 7) is 2.68. The Balaban J connectivity index is 1.12. The molecule has 0 unspecified atom stereocenters. The van der Waals surface area contributed by atoms with E-state index < -0.39 is 184 Å². The molecule has 55 heteroatoms. The average Bonchev–Trinajstić information content (AvgIpc) is 0.745. The van der Waals surface area contributed by atoms with Gasteiger partial charge in [0.15, 0.2) is 17.2 Å². The molecule has 0 atom stereocenters. The zero-order chi connectivity index (χ0) is 81.5. The molecule has 14 N–H and O–H groups in total. The SMILES string of the molecule is Cc1cc(N=Nc2c(S(=O)(=O)O)cc3c(S(=O)(=O)O)c(N=Nc4cc(S(=O)(=O)O)c5cc(SOOO)c(N=Nc6ccc(S(=O)(=O)O)cc6[N+](=O)[O-])c(O)c5c4N)ccc3c2O)c(OCCCSOOO)cc1N=Nc1cc(C)c(N=Nc2cc(S(=O)(=O)O)cc3cc(S(=O)(=O)O)cc(O)c23)cc1OCCCSOOO. The molecule has 9 aromatic rings. The molecule has 46 nitrogen and oxygen atoms in total. The van der Waals surface area contributed by atoms with E-state index in [1.807, 2.05) is 0 Å². The van der Waals surface area contributed by atoms with Crippen LogP contribution in [0.3, 0.4) is 0 Å². The van der Waals surface area contributed by atoms with Crippen molar-refractivity contribution in [1.29, 1.82) is 0 Å². The Kier molecular flexibility index (Phi) is 26.7. The zero-order valence-corrected chi connectivity index (χ0v) is 62.3. The van der Waals surface area contributed by atoms with Crippen molar-refractivity contribution >= 4 is 197 Å². The largest absolute Gasteiger partial charge is 0.507 e. The van der Waals surface area contributed by atoms with Crippen molar-refractivity contribution < 1.29 is 151 Å². The first kappa shape index (κ1) is 85.1. The number of hydrogen-bond donors (Lipinski definition) is 13. The van der Waals surface area contributed by atoms with Crippen LogP contribution < -0.4 is 15.2 Å². The first-order chi connectivity index (χ1) is 52.0. The van der Waals surface area contributed by atoms with Gasteiger partial charge in [0, 0.05) is 76.0 Å². The van der Waals surface area contributed by atoms with E-state index in [1.54, 1.807) is 0 Å². The number of anilines is 1. The number of aryl methyl sites for hydroxylation is 2. The third-order valence-electron chi connectivity index (χ3n) is 14.7. The van der Waals surface area contributed by atoms with E-state index in [1.165, 1.54) is 38.1 Å². The Morgan fingerprint density at radius 2 is 0.928 bits per heavy atom. The number of phenolic OH excluding ortho intramolecular Hbond substituents is 3. The summed E-state index contributed by atoms with van der Waals surface area (Å²) in [6.07, 6.45) is 0.350. The highest BCUT2D eigenvalue weighted by molar-refractivity contribution is 7.95. The van der Waals surface area contributed by atoms with Gasteiger partial charge < -0.3 is 30.5 Å². The smallest absolute Gasteiger partial charge is 0.298 e. The van der Waals surface area contributed by atoms with Crippen LogP contribution in [0.5, 0.6) is 28.7 Å². The van der Waals surface area contributed by atoms with Gasteiger partial charge in [0.25, 0.3) is 66.4 Å². The number of nitrogens with two attached hydrogens (primary N) is 1. The molecule has 0 fully saturated rings. The van der Waals surface area contributed by atoms with Crippen molar-refractivity contribution in [3.05, 3.63) is 118 Å². The van der Waals surface area contributed by atoms with Gasteiger partial charge in [-0.25, -0.2) is 15.8 Å². The fraction of sp³-hybridized carbons (Fsp3) is 0.143. The Labute approximate surface area is 634 Å². The van der Waals surface area contributed by atoms with E-state index in [-0.39, 0.29) is 106 Å². The number of hydrogen-bond acceptors (Lipinski definition) is 42. The maximum absolute atomic E-state index is 13.4. The van der Waals surface area contributed by atoms with Crippen molar-refractivity contribution in [1.82, 2.24) is 0 Å². The minimum atomic E-state index is -5.75. The van der Waals surface area contributed by atoms with E-state index in [0.717, 1.165) is 36.4 Å². The van der Waals surface area contributed by atoms with Gasteiger partial charge in [-0.2, -0.15) is 60.7 Å². The van der Waals surface area contributed by atoms with Crippen molar-refractivity contribution in [2.24, 2.45) is 51.1 Å². The number of nitro groups is 1. The molecule has 0 aliphatic rings. The highest BCUT2D eigenvalue weighted by atomic mass is 32.2. The molecule has 0 saturated carbocycles. The van der Waals surface area contributed by atoms with Crippen LogP contribution in [-0.2, 0) is 88.8 Å². The number of ether oxygens (including phenoxy) is 2. The molecule has 0 heterocycles. The summed E-state index contributed by atoms with van der Waals surface area (Å²) in [5, 5.41) is 120. The standard InChI is InChI=1S/C56H48N12O34S9/c1-25-13-38(44(95-9-3-11-103-100-97-74)23-37(25)61-64-40-17-29(107(80,81)82)15-27-16-30(108(83,84)85)19-43(69)49(27)40)62-60-36-22-45(96-10-4-12-104-101-98-75)39(14-26(36)2)63-67-53-48(110(89,90)91)21-32-31(54(53)70)6-8-35(56(32)111(92,93)94)59-65-41-24-47(109(86,87)88)33-20-46(105-102-99-76)52(55(71)50(33)51(41)57)66-58-34-7-5-28(106(77,78)79)18-42(34)68(72)73/h5-8,13-24,69-71,74-76H,3-4,9-12,57H2,1-2H3,(H,77,78,79)(H,80,81,82)(H,83,84,85)(H,86,87,88)(H,89,90,91)(H,92,93,94). The van der Waals surface area contributed by atoms with Gasteiger partial charge in [-0.05, 0) is 116 Å². The molecule has 9 aromatic carbocycles. The van der Waals surface area contributed by atoms with Gasteiger partial charge in [-0.1, -0.05) is 15.1 Å². The lowest BCUT2D eigenvalue weighted by Gasteiger charge is -2.15. The molecule has 0 radical (unpaired) electrons. The number of fused-ring (bicyclic) bond motifs is 3. The lowest BCUT2D eigenvalue weighted by Crippen LogP contribution is -2.03. The second kappa shape index (κ2) is 34.8. The topological polar surface area (TPSA) is 714 Å². The highest BCUT2D eigenvalue weighted by Gasteiger charge is 2.31. The monoisotopic (exact) mass is 1720 g/mol. The number of azo groups is 5. The fourth-order valence-electron chi connectivity index (χ4n) is 9.90. The van der Waals surface area contributed by atoms with E-state index >= 15 is 0 Å². The molecule has 0 bridgehead atoms. The fourth-order valence-corrected chi connectivity index (χ4v) is 14.8. The second-order valence-electron chi connectivity index (χ2n) is 21.9. The number of aromatic hydroxyl groups is 3. The van der Waals surface area contributed by atoms with Gasteiger partial charge in [-0.3, -0.25) is 37.4 Å². The summed E-state index contributed by atoms with van der Waals surface area (Å²) < 4.78 is 238. The Hall–Kier alpha value is -9.89. The summed E-state index contributed by atoms with van der Waals surface area (Å²) in [4.78, 5) is 3.63. The van der Waals surface area contributed by atoms with Crippen molar-refractivity contribution in [2.45, 2.75) is 61.0 Å². The molecule has 0 aliphatic carbocycles. The number of nitro benzene ring substituents is 1. The summed E-state index contributed by atoms with van der Waals surface area (Å²) in [5.74, 6) is -3.28. The van der Waals surface area contributed by atoms with Crippen LogP contribution in [0.15, 0.2) is 182 Å². The summed E-state index contributed by atoms with van der Waals surface area (Å²) >= 11 is 1.31. The second-order valence-corrected chi connectivity index (χ2v) is 32.6. The van der Waals surface area contributed by atoms with Crippen LogP contribution in [0.4, 0.5) is 68.2 Å². The maximum atomic E-state index is 13.4. The van der Waals surface area contributed by atoms with Gasteiger partial charge in [0.05, 0.1) is 78.4 Å². The van der Waals surface area contributed by atoms with Crippen LogP contribution in [0.1, 0.15) is 24.0 Å². The molecular formula is C56H48N12O34S9. The predicted octanol–water partition coefficient (Wildman–Crippen LogP) is 14.0. The van der Waals surface area contributed by atoms with Gasteiger partial charge in [0.1, 0.15) is 71.0 Å². The van der Waals surface area contributed by atoms with E-state index in [0.29, 0.717) is 60.5 Å².